The molecule has 162 valence electrons. The summed E-state index contributed by atoms with van der Waals surface area (Å²) in [6.07, 6.45) is 1.07. The van der Waals surface area contributed by atoms with Crippen molar-refractivity contribution < 1.29 is 18.0 Å². The zero-order valence-electron chi connectivity index (χ0n) is 17.0. The van der Waals surface area contributed by atoms with Crippen molar-refractivity contribution in [2.45, 2.75) is 50.7 Å². The van der Waals surface area contributed by atoms with Crippen LogP contribution < -0.4 is 10.6 Å². The molecule has 1 aromatic heterocycles. The number of pyridine rings is 1. The van der Waals surface area contributed by atoms with Gasteiger partial charge in [-0.05, 0) is 67.3 Å². The lowest BCUT2D eigenvalue weighted by Crippen LogP contribution is -2.15. The van der Waals surface area contributed by atoms with E-state index in [-0.39, 0.29) is 12.3 Å². The normalized spacial score (nSPS) is 14.7. The van der Waals surface area contributed by atoms with E-state index in [0.29, 0.717) is 23.7 Å². The third-order valence-electron chi connectivity index (χ3n) is 5.60. The van der Waals surface area contributed by atoms with Crippen LogP contribution in [-0.4, -0.2) is 16.9 Å². The molecule has 1 aliphatic carbocycles. The van der Waals surface area contributed by atoms with Crippen molar-refractivity contribution >= 4 is 28.3 Å². The van der Waals surface area contributed by atoms with Crippen LogP contribution in [0.1, 0.15) is 43.2 Å². The lowest BCUT2D eigenvalue weighted by atomic mass is 10.1. The maximum Gasteiger partial charge on any atom is 0.416 e. The van der Waals surface area contributed by atoms with Crippen LogP contribution in [0.25, 0.3) is 10.9 Å². The zero-order chi connectivity index (χ0) is 21.8. The van der Waals surface area contributed by atoms with Crippen molar-refractivity contribution in [3.8, 4) is 0 Å². The molecule has 1 saturated carbocycles. The Hall–Kier alpha value is -3.09. The predicted molar refractivity (Wildman–Crippen MR) is 116 cm³/mol. The number of rotatable bonds is 6. The number of nitrogens with one attached hydrogen (secondary N) is 2. The van der Waals surface area contributed by atoms with E-state index < -0.39 is 11.7 Å². The van der Waals surface area contributed by atoms with Crippen molar-refractivity contribution in [1.82, 2.24) is 4.98 Å². The van der Waals surface area contributed by atoms with Gasteiger partial charge in [0.1, 0.15) is 5.82 Å². The standard InChI is InChI=1S/C24H24F3N3O/c25-24(26,27)18-9-5-16(6-10-18)7-14-23(31)29-20-11-12-21-17(15-20)8-13-22(30-21)28-19-3-1-2-4-19/h5-6,8-13,15,19H,1-4,7,14H2,(H,28,30)(H,29,31). The van der Waals surface area contributed by atoms with Crippen LogP contribution in [-0.2, 0) is 17.4 Å². The number of benzene rings is 2. The van der Waals surface area contributed by atoms with E-state index in [2.05, 4.69) is 15.6 Å². The second kappa shape index (κ2) is 8.96. The molecule has 1 fully saturated rings. The third kappa shape index (κ3) is 5.54. The number of halogens is 3. The maximum atomic E-state index is 12.6. The van der Waals surface area contributed by atoms with Crippen molar-refractivity contribution in [2.24, 2.45) is 0 Å². The van der Waals surface area contributed by atoms with Crippen LogP contribution in [0.15, 0.2) is 54.6 Å². The summed E-state index contributed by atoms with van der Waals surface area (Å²) in [7, 11) is 0. The van der Waals surface area contributed by atoms with Crippen LogP contribution >= 0.6 is 0 Å². The Morgan fingerprint density at radius 2 is 1.74 bits per heavy atom. The summed E-state index contributed by atoms with van der Waals surface area (Å²) in [6, 6.07) is 14.9. The van der Waals surface area contributed by atoms with Gasteiger partial charge in [0, 0.05) is 23.5 Å². The van der Waals surface area contributed by atoms with Gasteiger partial charge in [-0.1, -0.05) is 25.0 Å². The highest BCUT2D eigenvalue weighted by atomic mass is 19.4. The Kier molecular flexibility index (Phi) is 6.11. The Labute approximate surface area is 178 Å². The first-order valence-corrected chi connectivity index (χ1v) is 10.5. The Morgan fingerprint density at radius 3 is 2.45 bits per heavy atom. The minimum atomic E-state index is -4.35. The average Bonchev–Trinajstić information content (AvgIpc) is 3.25. The average molecular weight is 427 g/mol. The molecule has 4 rings (SSSR count). The number of amides is 1. The third-order valence-corrected chi connectivity index (χ3v) is 5.60. The molecule has 1 amide bonds. The number of alkyl halides is 3. The highest BCUT2D eigenvalue weighted by Gasteiger charge is 2.29. The molecule has 7 heteroatoms. The van der Waals surface area contributed by atoms with Gasteiger partial charge in [-0.25, -0.2) is 4.98 Å². The molecule has 0 aliphatic heterocycles. The van der Waals surface area contributed by atoms with Crippen LogP contribution in [0.4, 0.5) is 24.7 Å². The van der Waals surface area contributed by atoms with Crippen LogP contribution in [0.2, 0.25) is 0 Å². The number of nitrogens with zero attached hydrogens (tertiary/aromatic N) is 1. The number of carbonyl (C=O) groups is 1. The molecule has 0 unspecified atom stereocenters. The molecule has 0 atom stereocenters. The fourth-order valence-corrected chi connectivity index (χ4v) is 3.90. The Balaban J connectivity index is 1.33. The van der Waals surface area contributed by atoms with E-state index in [1.165, 1.54) is 37.8 Å². The van der Waals surface area contributed by atoms with Gasteiger partial charge in [-0.3, -0.25) is 4.79 Å². The van der Waals surface area contributed by atoms with Crippen molar-refractivity contribution in [3.05, 3.63) is 65.7 Å². The first-order valence-electron chi connectivity index (χ1n) is 10.5. The van der Waals surface area contributed by atoms with Gasteiger partial charge in [0.05, 0.1) is 11.1 Å². The topological polar surface area (TPSA) is 54.0 Å². The minimum absolute atomic E-state index is 0.186. The molecule has 31 heavy (non-hydrogen) atoms. The zero-order valence-corrected chi connectivity index (χ0v) is 17.0. The monoisotopic (exact) mass is 427 g/mol. The molecule has 1 aliphatic rings. The molecule has 1 heterocycles. The first kappa shape index (κ1) is 21.2. The first-order chi connectivity index (χ1) is 14.9. The van der Waals surface area contributed by atoms with Gasteiger partial charge < -0.3 is 10.6 Å². The largest absolute Gasteiger partial charge is 0.416 e. The van der Waals surface area contributed by atoms with E-state index in [1.807, 2.05) is 30.3 Å². The van der Waals surface area contributed by atoms with E-state index in [9.17, 15) is 18.0 Å². The van der Waals surface area contributed by atoms with Crippen molar-refractivity contribution in [2.75, 3.05) is 10.6 Å². The Morgan fingerprint density at radius 1 is 1.00 bits per heavy atom. The van der Waals surface area contributed by atoms with Crippen molar-refractivity contribution in [1.29, 1.82) is 0 Å². The van der Waals surface area contributed by atoms with Gasteiger partial charge >= 0.3 is 6.18 Å². The van der Waals surface area contributed by atoms with E-state index >= 15 is 0 Å². The van der Waals surface area contributed by atoms with Crippen LogP contribution in [0.5, 0.6) is 0 Å². The molecule has 0 spiro atoms. The number of anilines is 2. The van der Waals surface area contributed by atoms with Gasteiger partial charge in [0.25, 0.3) is 0 Å². The molecule has 0 bridgehead atoms. The number of carbonyl (C=O) groups excluding carboxylic acids is 1. The maximum absolute atomic E-state index is 12.6. The van der Waals surface area contributed by atoms with Gasteiger partial charge in [0.2, 0.25) is 5.91 Å². The molecule has 0 radical (unpaired) electrons. The summed E-state index contributed by atoms with van der Waals surface area (Å²) in [4.78, 5) is 16.9. The molecule has 2 aromatic carbocycles. The lowest BCUT2D eigenvalue weighted by molar-refractivity contribution is -0.137. The van der Waals surface area contributed by atoms with Crippen LogP contribution in [0, 0.1) is 0 Å². The summed E-state index contributed by atoms with van der Waals surface area (Å²) >= 11 is 0. The fourth-order valence-electron chi connectivity index (χ4n) is 3.90. The number of aryl methyl sites for hydroxylation is 1. The van der Waals surface area contributed by atoms with E-state index in [4.69, 9.17) is 0 Å². The van der Waals surface area contributed by atoms with Gasteiger partial charge in [-0.2, -0.15) is 13.2 Å². The molecular weight excluding hydrogens is 403 g/mol. The summed E-state index contributed by atoms with van der Waals surface area (Å²) in [5.74, 6) is 0.680. The quantitative estimate of drug-likeness (QED) is 0.494. The molecular formula is C24H24F3N3O. The number of aromatic nitrogens is 1. The summed E-state index contributed by atoms with van der Waals surface area (Å²) in [5, 5.41) is 7.26. The summed E-state index contributed by atoms with van der Waals surface area (Å²) in [5.41, 5.74) is 1.52. The smallest absolute Gasteiger partial charge is 0.367 e. The lowest BCUT2D eigenvalue weighted by Gasteiger charge is -2.13. The predicted octanol–water partition coefficient (Wildman–Crippen LogP) is 6.18. The second-order valence-electron chi connectivity index (χ2n) is 7.97. The highest BCUT2D eigenvalue weighted by molar-refractivity contribution is 5.94. The van der Waals surface area contributed by atoms with Gasteiger partial charge in [-0.15, -0.1) is 0 Å². The van der Waals surface area contributed by atoms with E-state index in [1.54, 1.807) is 0 Å². The molecule has 4 nitrogen and oxygen atoms in total. The number of hydrogen-bond donors (Lipinski definition) is 2. The van der Waals surface area contributed by atoms with Gasteiger partial charge in [0.15, 0.2) is 0 Å². The molecule has 3 aromatic rings. The molecule has 2 N–H and O–H groups in total. The summed E-state index contributed by atoms with van der Waals surface area (Å²) in [6.45, 7) is 0. The van der Waals surface area contributed by atoms with E-state index in [0.717, 1.165) is 28.9 Å². The second-order valence-corrected chi connectivity index (χ2v) is 7.97. The molecule has 0 saturated heterocycles. The van der Waals surface area contributed by atoms with Crippen LogP contribution in [0.3, 0.4) is 0 Å². The van der Waals surface area contributed by atoms with Crippen molar-refractivity contribution in [3.63, 3.8) is 0 Å². The highest BCUT2D eigenvalue weighted by Crippen LogP contribution is 2.29. The minimum Gasteiger partial charge on any atom is -0.367 e. The number of fused-ring (bicyclic) bond motifs is 1. The Bertz CT molecular complexity index is 1060. The summed E-state index contributed by atoms with van der Waals surface area (Å²) < 4.78 is 37.9. The SMILES string of the molecule is O=C(CCc1ccc(C(F)(F)F)cc1)Nc1ccc2nc(NC3CCCC3)ccc2c1. The fraction of sp³-hybridized carbons (Fsp3) is 0.333. The number of hydrogen-bond acceptors (Lipinski definition) is 3.